The van der Waals surface area contributed by atoms with Crippen molar-refractivity contribution in [2.45, 2.75) is 12.8 Å². The quantitative estimate of drug-likeness (QED) is 0.679. The molecule has 0 aliphatic carbocycles. The van der Waals surface area contributed by atoms with Crippen molar-refractivity contribution in [3.63, 3.8) is 0 Å². The van der Waals surface area contributed by atoms with E-state index in [0.717, 1.165) is 5.56 Å². The number of rotatable bonds is 8. The van der Waals surface area contributed by atoms with Crippen LogP contribution in [-0.2, 0) is 20.7 Å². The van der Waals surface area contributed by atoms with Gasteiger partial charge in [-0.1, -0.05) is 0 Å². The normalized spacial score (nSPS) is 10.4. The van der Waals surface area contributed by atoms with Crippen molar-refractivity contribution < 1.29 is 14.3 Å². The first kappa shape index (κ1) is 13.6. The summed E-state index contributed by atoms with van der Waals surface area (Å²) in [5, 5.41) is 0. The number of methoxy groups -OCH3 is 1. The predicted molar refractivity (Wildman–Crippen MR) is 64.7 cm³/mol. The van der Waals surface area contributed by atoms with E-state index in [1.165, 1.54) is 0 Å². The number of nitrogens with zero attached hydrogens (tertiary/aromatic N) is 1. The summed E-state index contributed by atoms with van der Waals surface area (Å²) in [6.07, 6.45) is 3.93. The second-order valence-corrected chi connectivity index (χ2v) is 3.65. The van der Waals surface area contributed by atoms with Crippen molar-refractivity contribution in [3.05, 3.63) is 24.0 Å². The van der Waals surface area contributed by atoms with Gasteiger partial charge < -0.3 is 15.2 Å². The molecule has 0 aromatic carbocycles. The van der Waals surface area contributed by atoms with Crippen LogP contribution in [0.1, 0.15) is 12.0 Å². The summed E-state index contributed by atoms with van der Waals surface area (Å²) in [7, 11) is 1.61. The molecule has 0 atom stereocenters. The molecular formula is C12H18N2O3. The predicted octanol–water partition coefficient (Wildman–Crippen LogP) is 0.828. The third kappa shape index (κ3) is 5.42. The molecule has 0 spiro atoms. The summed E-state index contributed by atoms with van der Waals surface area (Å²) in [6.45, 7) is 1.48. The summed E-state index contributed by atoms with van der Waals surface area (Å²) >= 11 is 0. The number of Topliss-reactive ketones (excluding diaryl/α,β-unsaturated/α-hetero) is 1. The number of ether oxygens (including phenoxy) is 2. The summed E-state index contributed by atoms with van der Waals surface area (Å²) in [6, 6.07) is 1.69. The van der Waals surface area contributed by atoms with Gasteiger partial charge in [0, 0.05) is 43.6 Å². The zero-order chi connectivity index (χ0) is 12.5. The lowest BCUT2D eigenvalue weighted by atomic mass is 10.1. The molecule has 0 radical (unpaired) electrons. The molecule has 0 aliphatic rings. The summed E-state index contributed by atoms with van der Waals surface area (Å²) < 4.78 is 10.0. The molecule has 0 unspecified atom stereocenters. The average Bonchev–Trinajstić information content (AvgIpc) is 2.32. The molecule has 5 heteroatoms. The topological polar surface area (TPSA) is 74.4 Å². The van der Waals surface area contributed by atoms with Crippen LogP contribution in [0.15, 0.2) is 18.5 Å². The maximum absolute atomic E-state index is 11.6. The van der Waals surface area contributed by atoms with E-state index in [0.29, 0.717) is 38.3 Å². The molecule has 5 nitrogen and oxygen atoms in total. The number of nitrogens with two attached hydrogens (primary N) is 1. The Hall–Kier alpha value is -1.46. The molecular weight excluding hydrogens is 220 g/mol. The van der Waals surface area contributed by atoms with Crippen LogP contribution in [0.25, 0.3) is 0 Å². The highest BCUT2D eigenvalue weighted by Gasteiger charge is 2.06. The number of hydrogen-bond donors (Lipinski definition) is 1. The molecule has 0 saturated carbocycles. The number of anilines is 1. The average molecular weight is 238 g/mol. The summed E-state index contributed by atoms with van der Waals surface area (Å²) in [5.74, 6) is 0.0992. The van der Waals surface area contributed by atoms with Crippen LogP contribution in [0.5, 0.6) is 0 Å². The van der Waals surface area contributed by atoms with Gasteiger partial charge in [0.2, 0.25) is 0 Å². The van der Waals surface area contributed by atoms with Gasteiger partial charge in [-0.2, -0.15) is 0 Å². The maximum Gasteiger partial charge on any atom is 0.139 e. The number of ketones is 1. The van der Waals surface area contributed by atoms with E-state index in [-0.39, 0.29) is 5.78 Å². The van der Waals surface area contributed by atoms with Crippen molar-refractivity contribution in [2.24, 2.45) is 0 Å². The van der Waals surface area contributed by atoms with E-state index < -0.39 is 0 Å². The standard InChI is InChI=1S/C12H18N2O3/c1-16-6-7-17-5-3-11(15)8-10-9-14-4-2-12(10)13/h2,4,9H,3,5-8H2,1H3,(H2,13,14). The Morgan fingerprint density at radius 1 is 1.41 bits per heavy atom. The van der Waals surface area contributed by atoms with Crippen molar-refractivity contribution in [1.82, 2.24) is 4.98 Å². The number of hydrogen-bond acceptors (Lipinski definition) is 5. The first-order valence-corrected chi connectivity index (χ1v) is 5.50. The fraction of sp³-hybridized carbons (Fsp3) is 0.500. The van der Waals surface area contributed by atoms with Crippen LogP contribution in [0.4, 0.5) is 5.69 Å². The monoisotopic (exact) mass is 238 g/mol. The van der Waals surface area contributed by atoms with Crippen LogP contribution >= 0.6 is 0 Å². The molecule has 94 valence electrons. The van der Waals surface area contributed by atoms with E-state index in [1.807, 2.05) is 0 Å². The summed E-state index contributed by atoms with van der Waals surface area (Å²) in [4.78, 5) is 15.5. The van der Waals surface area contributed by atoms with Gasteiger partial charge in [0.15, 0.2) is 0 Å². The Morgan fingerprint density at radius 2 is 2.24 bits per heavy atom. The number of aromatic nitrogens is 1. The molecule has 17 heavy (non-hydrogen) atoms. The first-order valence-electron chi connectivity index (χ1n) is 5.50. The van der Waals surface area contributed by atoms with Crippen LogP contribution in [0.2, 0.25) is 0 Å². The Morgan fingerprint density at radius 3 is 2.94 bits per heavy atom. The van der Waals surface area contributed by atoms with Gasteiger partial charge in [-0.25, -0.2) is 0 Å². The van der Waals surface area contributed by atoms with E-state index >= 15 is 0 Å². The molecule has 0 aliphatic heterocycles. The van der Waals surface area contributed by atoms with Gasteiger partial charge in [-0.05, 0) is 6.07 Å². The van der Waals surface area contributed by atoms with Crippen molar-refractivity contribution >= 4 is 11.5 Å². The molecule has 1 aromatic heterocycles. The number of nitrogen functional groups attached to an aromatic ring is 1. The minimum atomic E-state index is 0.0992. The zero-order valence-corrected chi connectivity index (χ0v) is 10.0. The Labute approximate surface area is 101 Å². The van der Waals surface area contributed by atoms with Crippen LogP contribution in [0.3, 0.4) is 0 Å². The third-order valence-electron chi connectivity index (χ3n) is 2.29. The van der Waals surface area contributed by atoms with Gasteiger partial charge >= 0.3 is 0 Å². The Balaban J connectivity index is 2.23. The van der Waals surface area contributed by atoms with Crippen molar-refractivity contribution in [2.75, 3.05) is 32.7 Å². The zero-order valence-electron chi connectivity index (χ0n) is 10.0. The third-order valence-corrected chi connectivity index (χ3v) is 2.29. The minimum absolute atomic E-state index is 0.0992. The van der Waals surface area contributed by atoms with Gasteiger partial charge in [0.25, 0.3) is 0 Å². The van der Waals surface area contributed by atoms with Crippen LogP contribution in [0, 0.1) is 0 Å². The lowest BCUT2D eigenvalue weighted by Gasteiger charge is -2.05. The fourth-order valence-electron chi connectivity index (χ4n) is 1.32. The lowest BCUT2D eigenvalue weighted by molar-refractivity contribution is -0.119. The molecule has 0 fully saturated rings. The van der Waals surface area contributed by atoms with Crippen molar-refractivity contribution in [3.8, 4) is 0 Å². The van der Waals surface area contributed by atoms with E-state index in [2.05, 4.69) is 4.98 Å². The van der Waals surface area contributed by atoms with E-state index in [4.69, 9.17) is 15.2 Å². The number of carbonyl (C=O) groups excluding carboxylic acids is 1. The van der Waals surface area contributed by atoms with Gasteiger partial charge in [0.05, 0.1) is 19.8 Å². The van der Waals surface area contributed by atoms with Gasteiger partial charge in [-0.15, -0.1) is 0 Å². The first-order chi connectivity index (χ1) is 8.24. The molecule has 1 heterocycles. The van der Waals surface area contributed by atoms with E-state index in [1.54, 1.807) is 25.6 Å². The molecule has 0 saturated heterocycles. The molecule has 1 rings (SSSR count). The smallest absolute Gasteiger partial charge is 0.139 e. The summed E-state index contributed by atoms with van der Waals surface area (Å²) in [5.41, 5.74) is 7.10. The highest BCUT2D eigenvalue weighted by atomic mass is 16.5. The van der Waals surface area contributed by atoms with Crippen LogP contribution in [-0.4, -0.2) is 37.7 Å². The SMILES string of the molecule is COCCOCCC(=O)Cc1cnccc1N. The maximum atomic E-state index is 11.6. The Kier molecular flexibility index (Phi) is 6.21. The lowest BCUT2D eigenvalue weighted by Crippen LogP contribution is -2.10. The molecule has 2 N–H and O–H groups in total. The fourth-order valence-corrected chi connectivity index (χ4v) is 1.32. The van der Waals surface area contributed by atoms with Gasteiger partial charge in [-0.3, -0.25) is 9.78 Å². The molecule has 0 bridgehead atoms. The molecule has 1 aromatic rings. The number of pyridine rings is 1. The Bertz CT molecular complexity index is 355. The van der Waals surface area contributed by atoms with Crippen molar-refractivity contribution in [1.29, 1.82) is 0 Å². The van der Waals surface area contributed by atoms with E-state index in [9.17, 15) is 4.79 Å². The second-order valence-electron chi connectivity index (χ2n) is 3.65. The molecule has 0 amide bonds. The van der Waals surface area contributed by atoms with Crippen LogP contribution < -0.4 is 5.73 Å². The highest BCUT2D eigenvalue weighted by molar-refractivity contribution is 5.82. The minimum Gasteiger partial charge on any atom is -0.398 e. The largest absolute Gasteiger partial charge is 0.398 e. The highest BCUT2D eigenvalue weighted by Crippen LogP contribution is 2.10. The second kappa shape index (κ2) is 7.76. The van der Waals surface area contributed by atoms with Gasteiger partial charge in [0.1, 0.15) is 5.78 Å². The number of carbonyl (C=O) groups is 1.